The van der Waals surface area contributed by atoms with Crippen LogP contribution in [0.2, 0.25) is 23.2 Å². The molecule has 0 unspecified atom stereocenters. The molecule has 3 heterocycles. The third-order valence-corrected chi connectivity index (χ3v) is 11.4. The van der Waals surface area contributed by atoms with Crippen molar-refractivity contribution in [3.05, 3.63) is 29.2 Å². The van der Waals surface area contributed by atoms with Gasteiger partial charge in [-0.15, -0.1) is 5.10 Å². The average Bonchev–Trinajstić information content (AvgIpc) is 3.19. The minimum absolute atomic E-state index is 0.224. The zero-order valence-electron chi connectivity index (χ0n) is 18.7. The fourth-order valence-corrected chi connectivity index (χ4v) is 5.32. The van der Waals surface area contributed by atoms with E-state index in [0.717, 1.165) is 35.3 Å². The van der Waals surface area contributed by atoms with Crippen molar-refractivity contribution >= 4 is 25.4 Å². The van der Waals surface area contributed by atoms with Gasteiger partial charge in [-0.2, -0.15) is 5.10 Å². The van der Waals surface area contributed by atoms with Gasteiger partial charge in [0.15, 0.2) is 8.32 Å². The van der Waals surface area contributed by atoms with Crippen molar-refractivity contribution in [1.29, 1.82) is 0 Å². The third kappa shape index (κ3) is 3.54. The number of hydrogen-bond acceptors (Lipinski definition) is 5. The molecule has 1 saturated carbocycles. The van der Waals surface area contributed by atoms with Gasteiger partial charge in [0.25, 0.3) is 0 Å². The second-order valence-electron chi connectivity index (χ2n) is 9.68. The highest BCUT2D eigenvalue weighted by Gasteiger charge is 2.43. The number of nitrogens with zero attached hydrogens (tertiary/aromatic N) is 5. The first-order valence-electron chi connectivity index (χ1n) is 10.3. The number of hydrogen-bond donors (Lipinski definition) is 0. The van der Waals surface area contributed by atoms with Crippen molar-refractivity contribution in [3.63, 3.8) is 0 Å². The summed E-state index contributed by atoms with van der Waals surface area (Å²) in [4.78, 5) is 0. The molecule has 0 radical (unpaired) electrons. The Morgan fingerprint density at radius 1 is 1.23 bits per heavy atom. The molecule has 0 aromatic carbocycles. The molecule has 0 amide bonds. The van der Waals surface area contributed by atoms with Gasteiger partial charge in [0.05, 0.1) is 30.1 Å². The zero-order valence-corrected chi connectivity index (χ0v) is 20.5. The van der Waals surface area contributed by atoms with Gasteiger partial charge in [0.1, 0.15) is 17.0 Å². The molecule has 0 atom stereocenters. The molecule has 7 nitrogen and oxygen atoms in total. The van der Waals surface area contributed by atoms with Crippen LogP contribution in [0.25, 0.3) is 16.8 Å². The minimum atomic E-state index is -1.74. The number of fused-ring (bicyclic) bond motifs is 1. The minimum Gasteiger partial charge on any atom is -0.494 e. The van der Waals surface area contributed by atoms with Crippen LogP contribution < -0.4 is 4.74 Å². The van der Waals surface area contributed by atoms with Gasteiger partial charge in [0, 0.05) is 17.9 Å². The summed E-state index contributed by atoms with van der Waals surface area (Å²) in [5.41, 5.74) is 3.51. The number of pyridine rings is 1. The molecular weight excluding hydrogens is 418 g/mol. The molecule has 162 valence electrons. The first-order chi connectivity index (χ1) is 14.0. The molecule has 0 spiro atoms. The van der Waals surface area contributed by atoms with E-state index < -0.39 is 8.32 Å². The van der Waals surface area contributed by atoms with Crippen LogP contribution >= 0.6 is 11.6 Å². The summed E-state index contributed by atoms with van der Waals surface area (Å²) in [7, 11) is -0.116. The predicted octanol–water partition coefficient (Wildman–Crippen LogP) is 5.29. The van der Waals surface area contributed by atoms with E-state index in [-0.39, 0.29) is 5.04 Å². The van der Waals surface area contributed by atoms with Crippen molar-refractivity contribution in [1.82, 2.24) is 24.6 Å². The summed E-state index contributed by atoms with van der Waals surface area (Å²) in [6.07, 6.45) is 5.80. The Labute approximate surface area is 183 Å². The standard InChI is InChI=1S/C21H30ClN5O2Si/c1-13-19(14-8-18(28-5)20-17(22)11-23-26(20)12-14)24-25-27(13)15-9-16(10-15)29-30(6,7)21(2,3)4/h8,11-12,15-16H,9-10H2,1-7H3. The highest BCUT2D eigenvalue weighted by Crippen LogP contribution is 2.43. The van der Waals surface area contributed by atoms with Gasteiger partial charge in [-0.1, -0.05) is 37.6 Å². The van der Waals surface area contributed by atoms with E-state index in [1.54, 1.807) is 17.8 Å². The molecule has 1 aliphatic rings. The Hall–Kier alpha value is -1.90. The summed E-state index contributed by atoms with van der Waals surface area (Å²) in [6, 6.07) is 2.26. The van der Waals surface area contributed by atoms with Crippen LogP contribution in [-0.4, -0.2) is 46.1 Å². The van der Waals surface area contributed by atoms with Crippen LogP contribution in [0, 0.1) is 6.92 Å². The molecule has 0 N–H and O–H groups in total. The van der Waals surface area contributed by atoms with Crippen molar-refractivity contribution in [2.75, 3.05) is 7.11 Å². The lowest BCUT2D eigenvalue weighted by Crippen LogP contribution is -2.48. The first kappa shape index (κ1) is 21.3. The smallest absolute Gasteiger partial charge is 0.192 e. The van der Waals surface area contributed by atoms with Crippen LogP contribution in [0.1, 0.15) is 45.3 Å². The number of halogens is 1. The van der Waals surface area contributed by atoms with Crippen LogP contribution in [0.5, 0.6) is 5.75 Å². The van der Waals surface area contributed by atoms with E-state index in [0.29, 0.717) is 22.9 Å². The number of rotatable bonds is 5. The van der Waals surface area contributed by atoms with E-state index in [2.05, 4.69) is 56.2 Å². The van der Waals surface area contributed by atoms with E-state index in [4.69, 9.17) is 20.8 Å². The van der Waals surface area contributed by atoms with Gasteiger partial charge < -0.3 is 9.16 Å². The molecule has 4 rings (SSSR count). The quantitative estimate of drug-likeness (QED) is 0.497. The molecule has 1 aliphatic carbocycles. The van der Waals surface area contributed by atoms with Gasteiger partial charge >= 0.3 is 0 Å². The first-order valence-corrected chi connectivity index (χ1v) is 13.6. The highest BCUT2D eigenvalue weighted by atomic mass is 35.5. The van der Waals surface area contributed by atoms with Crippen LogP contribution in [-0.2, 0) is 4.43 Å². The highest BCUT2D eigenvalue weighted by molar-refractivity contribution is 6.74. The van der Waals surface area contributed by atoms with E-state index >= 15 is 0 Å². The predicted molar refractivity (Wildman–Crippen MR) is 121 cm³/mol. The molecule has 9 heteroatoms. The molecule has 3 aromatic heterocycles. The summed E-state index contributed by atoms with van der Waals surface area (Å²) in [5.74, 6) is 0.662. The third-order valence-electron chi connectivity index (χ3n) is 6.64. The Balaban J connectivity index is 1.54. The van der Waals surface area contributed by atoms with E-state index in [9.17, 15) is 0 Å². The van der Waals surface area contributed by atoms with E-state index in [1.807, 2.05) is 16.9 Å². The van der Waals surface area contributed by atoms with Crippen molar-refractivity contribution in [2.45, 2.75) is 70.8 Å². The number of ether oxygens (including phenoxy) is 1. The molecule has 30 heavy (non-hydrogen) atoms. The molecule has 0 bridgehead atoms. The zero-order chi connectivity index (χ0) is 21.8. The van der Waals surface area contributed by atoms with Gasteiger partial charge in [-0.05, 0) is 44.0 Å². The monoisotopic (exact) mass is 447 g/mol. The molecule has 0 aliphatic heterocycles. The summed E-state index contributed by atoms with van der Waals surface area (Å²) in [5, 5.41) is 14.0. The summed E-state index contributed by atoms with van der Waals surface area (Å²) < 4.78 is 15.8. The van der Waals surface area contributed by atoms with Crippen LogP contribution in [0.4, 0.5) is 0 Å². The Morgan fingerprint density at radius 3 is 2.57 bits per heavy atom. The maximum atomic E-state index is 6.54. The van der Waals surface area contributed by atoms with Gasteiger partial charge in [0.2, 0.25) is 0 Å². The lowest BCUT2D eigenvalue weighted by molar-refractivity contribution is 0.0511. The second kappa shape index (κ2) is 7.35. The molecule has 3 aromatic rings. The molecule has 1 fully saturated rings. The average molecular weight is 448 g/mol. The number of aromatic nitrogens is 5. The Bertz CT molecular complexity index is 1080. The van der Waals surface area contributed by atoms with Crippen LogP contribution in [0.15, 0.2) is 18.5 Å². The van der Waals surface area contributed by atoms with Gasteiger partial charge in [-0.3, -0.25) is 0 Å². The second-order valence-corrected chi connectivity index (χ2v) is 14.8. The lowest BCUT2D eigenvalue weighted by Gasteiger charge is -2.44. The largest absolute Gasteiger partial charge is 0.494 e. The maximum absolute atomic E-state index is 6.54. The number of methoxy groups -OCH3 is 1. The summed E-state index contributed by atoms with van der Waals surface area (Å²) in [6.45, 7) is 13.5. The topological polar surface area (TPSA) is 66.5 Å². The fraction of sp³-hybridized carbons (Fsp3) is 0.571. The Morgan fingerprint density at radius 2 is 1.93 bits per heavy atom. The normalized spacial score (nSPS) is 19.9. The lowest BCUT2D eigenvalue weighted by atomic mass is 9.89. The fourth-order valence-electron chi connectivity index (χ4n) is 3.71. The molecular formula is C21H30ClN5O2Si. The van der Waals surface area contributed by atoms with Crippen molar-refractivity contribution < 1.29 is 9.16 Å². The van der Waals surface area contributed by atoms with Crippen molar-refractivity contribution in [3.8, 4) is 17.0 Å². The van der Waals surface area contributed by atoms with Crippen molar-refractivity contribution in [2.24, 2.45) is 0 Å². The van der Waals surface area contributed by atoms with Crippen LogP contribution in [0.3, 0.4) is 0 Å². The Kier molecular flexibility index (Phi) is 5.23. The summed E-state index contributed by atoms with van der Waals surface area (Å²) >= 11 is 6.24. The van der Waals surface area contributed by atoms with E-state index in [1.165, 1.54) is 0 Å². The maximum Gasteiger partial charge on any atom is 0.192 e. The SMILES string of the molecule is COc1cc(-c2nnn(C3CC(O[Si](C)(C)C(C)(C)C)C3)c2C)cn2ncc(Cl)c12. The molecule has 0 saturated heterocycles. The van der Waals surface area contributed by atoms with Gasteiger partial charge in [-0.25, -0.2) is 9.20 Å².